The Bertz CT molecular complexity index is 607. The molecule has 7 nitrogen and oxygen atoms in total. The average molecular weight is 354 g/mol. The van der Waals surface area contributed by atoms with Crippen LogP contribution in [0.15, 0.2) is 0 Å². The van der Waals surface area contributed by atoms with E-state index >= 15 is 0 Å². The fourth-order valence-corrected chi connectivity index (χ4v) is 3.43. The van der Waals surface area contributed by atoms with Gasteiger partial charge in [0.25, 0.3) is 0 Å². The molecule has 0 atom stereocenters. The number of fused-ring (bicyclic) bond motifs is 1. The molecule has 1 aromatic rings. The standard InChI is InChI=1S/C16H26N4O3S/c1-5-23-8-6-7-17-14(21)15(22)18-13-11-9-24-10-12(11)19-20(13)16(2,3)4/h5-10H2,1-4H3,(H,17,21)(H,18,22). The molecule has 2 rings (SSSR count). The van der Waals surface area contributed by atoms with Gasteiger partial charge in [-0.2, -0.15) is 16.9 Å². The fraction of sp³-hybridized carbons (Fsp3) is 0.688. The summed E-state index contributed by atoms with van der Waals surface area (Å²) in [5.74, 6) is 0.989. The van der Waals surface area contributed by atoms with Gasteiger partial charge in [0.05, 0.1) is 11.2 Å². The number of ether oxygens (including phenoxy) is 1. The lowest BCUT2D eigenvalue weighted by Gasteiger charge is -2.23. The van der Waals surface area contributed by atoms with E-state index < -0.39 is 11.8 Å². The molecule has 0 radical (unpaired) electrons. The third-order valence-corrected chi connectivity index (χ3v) is 4.55. The van der Waals surface area contributed by atoms with Crippen molar-refractivity contribution in [3.63, 3.8) is 0 Å². The molecule has 2 heterocycles. The van der Waals surface area contributed by atoms with E-state index in [2.05, 4.69) is 15.7 Å². The van der Waals surface area contributed by atoms with Crippen LogP contribution in [0.4, 0.5) is 5.82 Å². The Labute approximate surface area is 146 Å². The summed E-state index contributed by atoms with van der Waals surface area (Å²) in [6.45, 7) is 9.61. The quantitative estimate of drug-likeness (QED) is 0.602. The number of nitrogens with one attached hydrogen (secondary N) is 2. The maximum atomic E-state index is 12.2. The number of hydrogen-bond donors (Lipinski definition) is 2. The van der Waals surface area contributed by atoms with Crippen LogP contribution >= 0.6 is 11.8 Å². The summed E-state index contributed by atoms with van der Waals surface area (Å²) in [5.41, 5.74) is 1.74. The molecule has 0 saturated heterocycles. The molecule has 0 aliphatic carbocycles. The number of aromatic nitrogens is 2. The predicted molar refractivity (Wildman–Crippen MR) is 95.0 cm³/mol. The minimum absolute atomic E-state index is 0.272. The van der Waals surface area contributed by atoms with Gasteiger partial charge in [-0.25, -0.2) is 4.68 Å². The van der Waals surface area contributed by atoms with Gasteiger partial charge in [-0.15, -0.1) is 0 Å². The zero-order chi connectivity index (χ0) is 17.7. The van der Waals surface area contributed by atoms with E-state index in [-0.39, 0.29) is 5.54 Å². The first-order valence-electron chi connectivity index (χ1n) is 8.20. The van der Waals surface area contributed by atoms with E-state index in [1.165, 1.54) is 0 Å². The van der Waals surface area contributed by atoms with Crippen LogP contribution in [0.2, 0.25) is 0 Å². The van der Waals surface area contributed by atoms with Crippen LogP contribution in [0.3, 0.4) is 0 Å². The van der Waals surface area contributed by atoms with Crippen LogP contribution in [0.5, 0.6) is 0 Å². The first-order valence-corrected chi connectivity index (χ1v) is 9.36. The highest BCUT2D eigenvalue weighted by atomic mass is 32.2. The van der Waals surface area contributed by atoms with E-state index in [0.29, 0.717) is 32.0 Å². The van der Waals surface area contributed by atoms with E-state index in [4.69, 9.17) is 4.74 Å². The van der Waals surface area contributed by atoms with E-state index in [0.717, 1.165) is 22.8 Å². The van der Waals surface area contributed by atoms with Crippen LogP contribution in [-0.2, 0) is 31.4 Å². The smallest absolute Gasteiger partial charge is 0.314 e. The van der Waals surface area contributed by atoms with Crippen molar-refractivity contribution in [2.45, 2.75) is 51.2 Å². The van der Waals surface area contributed by atoms with Crippen molar-refractivity contribution in [2.75, 3.05) is 25.1 Å². The molecule has 134 valence electrons. The Morgan fingerprint density at radius 3 is 2.71 bits per heavy atom. The molecule has 0 spiro atoms. The molecule has 1 aliphatic rings. The average Bonchev–Trinajstić information content (AvgIpc) is 3.08. The lowest BCUT2D eigenvalue weighted by atomic mass is 10.1. The Morgan fingerprint density at radius 2 is 2.04 bits per heavy atom. The summed E-state index contributed by atoms with van der Waals surface area (Å²) >= 11 is 1.76. The second-order valence-electron chi connectivity index (χ2n) is 6.61. The third kappa shape index (κ3) is 4.51. The number of carbonyl (C=O) groups excluding carboxylic acids is 2. The zero-order valence-electron chi connectivity index (χ0n) is 14.8. The van der Waals surface area contributed by atoms with Gasteiger partial charge in [0.15, 0.2) is 0 Å². The summed E-state index contributed by atoms with van der Waals surface area (Å²) in [6, 6.07) is 0. The highest BCUT2D eigenvalue weighted by Gasteiger charge is 2.29. The first-order chi connectivity index (χ1) is 11.3. The van der Waals surface area contributed by atoms with Gasteiger partial charge in [0, 0.05) is 36.8 Å². The maximum absolute atomic E-state index is 12.2. The van der Waals surface area contributed by atoms with Gasteiger partial charge >= 0.3 is 11.8 Å². The number of amides is 2. The maximum Gasteiger partial charge on any atom is 0.314 e. The summed E-state index contributed by atoms with van der Waals surface area (Å²) in [6.07, 6.45) is 0.679. The summed E-state index contributed by atoms with van der Waals surface area (Å²) in [4.78, 5) is 24.2. The SMILES string of the molecule is CCOCCCNC(=O)C(=O)Nc1c2c(nn1C(C)(C)C)CSC2. The third-order valence-electron chi connectivity index (χ3n) is 3.58. The number of carbonyl (C=O) groups is 2. The van der Waals surface area contributed by atoms with Crippen molar-refractivity contribution in [1.29, 1.82) is 0 Å². The van der Waals surface area contributed by atoms with E-state index in [1.54, 1.807) is 16.4 Å². The predicted octanol–water partition coefficient (Wildman–Crippen LogP) is 1.87. The zero-order valence-corrected chi connectivity index (χ0v) is 15.6. The van der Waals surface area contributed by atoms with Gasteiger partial charge in [-0.3, -0.25) is 9.59 Å². The Balaban J connectivity index is 2.00. The van der Waals surface area contributed by atoms with Crippen LogP contribution < -0.4 is 10.6 Å². The molecule has 0 unspecified atom stereocenters. The molecule has 2 amide bonds. The van der Waals surface area contributed by atoms with Crippen LogP contribution in [0, 0.1) is 0 Å². The highest BCUT2D eigenvalue weighted by Crippen LogP contribution is 2.37. The molecule has 24 heavy (non-hydrogen) atoms. The lowest BCUT2D eigenvalue weighted by Crippen LogP contribution is -2.37. The molecule has 1 aliphatic heterocycles. The molecule has 0 fully saturated rings. The van der Waals surface area contributed by atoms with Crippen molar-refractivity contribution in [1.82, 2.24) is 15.1 Å². The van der Waals surface area contributed by atoms with Gasteiger partial charge in [0.2, 0.25) is 0 Å². The number of hydrogen-bond acceptors (Lipinski definition) is 5. The largest absolute Gasteiger partial charge is 0.382 e. The minimum Gasteiger partial charge on any atom is -0.382 e. The summed E-state index contributed by atoms with van der Waals surface area (Å²) in [5, 5.41) is 9.97. The van der Waals surface area contributed by atoms with Gasteiger partial charge in [-0.05, 0) is 34.1 Å². The summed E-state index contributed by atoms with van der Waals surface area (Å²) < 4.78 is 7.00. The van der Waals surface area contributed by atoms with Gasteiger partial charge in [-0.1, -0.05) is 0 Å². The van der Waals surface area contributed by atoms with Crippen molar-refractivity contribution < 1.29 is 14.3 Å². The number of thioether (sulfide) groups is 1. The van der Waals surface area contributed by atoms with Crippen LogP contribution in [-0.4, -0.2) is 41.4 Å². The molecular formula is C16H26N4O3S. The van der Waals surface area contributed by atoms with Crippen molar-refractivity contribution in [3.8, 4) is 0 Å². The normalized spacial score (nSPS) is 13.7. The Morgan fingerprint density at radius 1 is 1.29 bits per heavy atom. The number of nitrogens with zero attached hydrogens (tertiary/aromatic N) is 2. The summed E-state index contributed by atoms with van der Waals surface area (Å²) in [7, 11) is 0. The highest BCUT2D eigenvalue weighted by molar-refractivity contribution is 7.98. The van der Waals surface area contributed by atoms with E-state index in [9.17, 15) is 9.59 Å². The minimum atomic E-state index is -0.656. The Hall–Kier alpha value is -1.54. The number of anilines is 1. The Kier molecular flexibility index (Phi) is 6.28. The van der Waals surface area contributed by atoms with Crippen molar-refractivity contribution in [3.05, 3.63) is 11.3 Å². The van der Waals surface area contributed by atoms with Crippen LogP contribution in [0.25, 0.3) is 0 Å². The van der Waals surface area contributed by atoms with Crippen LogP contribution in [0.1, 0.15) is 45.4 Å². The molecular weight excluding hydrogens is 328 g/mol. The van der Waals surface area contributed by atoms with Crippen molar-refractivity contribution in [2.24, 2.45) is 0 Å². The van der Waals surface area contributed by atoms with Crippen molar-refractivity contribution >= 4 is 29.4 Å². The second-order valence-corrected chi connectivity index (χ2v) is 7.60. The molecule has 0 aromatic carbocycles. The lowest BCUT2D eigenvalue weighted by molar-refractivity contribution is -0.136. The van der Waals surface area contributed by atoms with E-state index in [1.807, 2.05) is 27.7 Å². The topological polar surface area (TPSA) is 85.2 Å². The van der Waals surface area contributed by atoms with Gasteiger partial charge in [0.1, 0.15) is 5.82 Å². The molecule has 1 aromatic heterocycles. The second kappa shape index (κ2) is 8.02. The van der Waals surface area contributed by atoms with Gasteiger partial charge < -0.3 is 15.4 Å². The molecule has 0 saturated carbocycles. The monoisotopic (exact) mass is 354 g/mol. The molecule has 2 N–H and O–H groups in total. The first kappa shape index (κ1) is 18.8. The molecule has 8 heteroatoms. The fourth-order valence-electron chi connectivity index (χ4n) is 2.39. The number of rotatable bonds is 6. The molecule has 0 bridgehead atoms.